The lowest BCUT2D eigenvalue weighted by molar-refractivity contribution is -0.115. The van der Waals surface area contributed by atoms with Gasteiger partial charge in [-0.15, -0.1) is 0 Å². The predicted octanol–water partition coefficient (Wildman–Crippen LogP) is 2.25. The monoisotopic (exact) mass is 347 g/mol. The molecule has 2 aromatic heterocycles. The molecular formula is C19H17N5O2. The van der Waals surface area contributed by atoms with Crippen molar-refractivity contribution in [1.82, 2.24) is 19.9 Å². The largest absolute Gasteiger partial charge is 0.346 e. The van der Waals surface area contributed by atoms with Crippen LogP contribution in [-0.4, -0.2) is 26.3 Å². The number of imidazole rings is 1. The fourth-order valence-electron chi connectivity index (χ4n) is 2.98. The second-order valence-corrected chi connectivity index (χ2v) is 6.21. The highest BCUT2D eigenvalue weighted by atomic mass is 16.2. The van der Waals surface area contributed by atoms with E-state index in [1.54, 1.807) is 41.6 Å². The van der Waals surface area contributed by atoms with Gasteiger partial charge in [-0.3, -0.25) is 14.2 Å². The Morgan fingerprint density at radius 3 is 2.96 bits per heavy atom. The van der Waals surface area contributed by atoms with Gasteiger partial charge in [0.05, 0.1) is 12.5 Å². The minimum absolute atomic E-state index is 0.00217. The number of benzene rings is 1. The Morgan fingerprint density at radius 1 is 1.27 bits per heavy atom. The number of carbonyl (C=O) groups excluding carboxylic acids is 2. The summed E-state index contributed by atoms with van der Waals surface area (Å²) >= 11 is 0. The van der Waals surface area contributed by atoms with Crippen molar-refractivity contribution in [3.8, 4) is 5.82 Å². The van der Waals surface area contributed by atoms with Crippen LogP contribution in [0.5, 0.6) is 0 Å². The summed E-state index contributed by atoms with van der Waals surface area (Å²) in [5, 5.41) is 5.80. The lowest BCUT2D eigenvalue weighted by Gasteiger charge is -2.15. The molecule has 0 radical (unpaired) electrons. The Labute approximate surface area is 150 Å². The lowest BCUT2D eigenvalue weighted by Crippen LogP contribution is -2.26. The molecule has 3 aromatic rings. The van der Waals surface area contributed by atoms with Crippen molar-refractivity contribution in [3.63, 3.8) is 0 Å². The molecule has 130 valence electrons. The average Bonchev–Trinajstić information content (AvgIpc) is 3.29. The standard InChI is InChI=1S/C19H17N5O2/c1-12(13-2-3-16-15(8-13)10-18(25)23-16)22-19(26)14-4-5-21-17(9-14)24-7-6-20-11-24/h2-9,11-12H,10H2,1H3,(H,22,26)(H,23,25)/t12-/m0/s1. The number of pyridine rings is 1. The highest BCUT2D eigenvalue weighted by molar-refractivity contribution is 5.99. The molecule has 0 bridgehead atoms. The van der Waals surface area contributed by atoms with E-state index >= 15 is 0 Å². The second kappa shape index (κ2) is 6.44. The van der Waals surface area contributed by atoms with Crippen LogP contribution in [0.1, 0.15) is 34.5 Å². The summed E-state index contributed by atoms with van der Waals surface area (Å²) in [6.07, 6.45) is 7.03. The Kier molecular flexibility index (Phi) is 3.96. The summed E-state index contributed by atoms with van der Waals surface area (Å²) in [5.74, 6) is 0.443. The number of nitrogens with one attached hydrogen (secondary N) is 2. The first-order valence-corrected chi connectivity index (χ1v) is 8.28. The third kappa shape index (κ3) is 3.06. The summed E-state index contributed by atoms with van der Waals surface area (Å²) in [7, 11) is 0. The van der Waals surface area contributed by atoms with Crippen molar-refractivity contribution in [1.29, 1.82) is 0 Å². The highest BCUT2D eigenvalue weighted by Crippen LogP contribution is 2.26. The van der Waals surface area contributed by atoms with E-state index in [1.165, 1.54) is 0 Å². The summed E-state index contributed by atoms with van der Waals surface area (Å²) in [6, 6.07) is 8.96. The van der Waals surface area contributed by atoms with Crippen molar-refractivity contribution in [2.45, 2.75) is 19.4 Å². The molecule has 2 N–H and O–H groups in total. The van der Waals surface area contributed by atoms with Crippen molar-refractivity contribution < 1.29 is 9.59 Å². The van der Waals surface area contributed by atoms with Gasteiger partial charge in [-0.1, -0.05) is 12.1 Å². The van der Waals surface area contributed by atoms with Crippen molar-refractivity contribution in [2.75, 3.05) is 5.32 Å². The fourth-order valence-corrected chi connectivity index (χ4v) is 2.98. The maximum atomic E-state index is 12.6. The quantitative estimate of drug-likeness (QED) is 0.758. The average molecular weight is 347 g/mol. The first kappa shape index (κ1) is 16.0. The number of nitrogens with zero attached hydrogens (tertiary/aromatic N) is 3. The number of fused-ring (bicyclic) bond motifs is 1. The van der Waals surface area contributed by atoms with Crippen LogP contribution in [0, 0.1) is 0 Å². The molecule has 0 fully saturated rings. The van der Waals surface area contributed by atoms with Crippen molar-refractivity contribution >= 4 is 17.5 Å². The van der Waals surface area contributed by atoms with Gasteiger partial charge < -0.3 is 10.6 Å². The van der Waals surface area contributed by atoms with Crippen LogP contribution in [0.25, 0.3) is 5.82 Å². The lowest BCUT2D eigenvalue weighted by atomic mass is 10.0. The molecule has 0 saturated carbocycles. The van der Waals surface area contributed by atoms with Crippen LogP contribution in [0.3, 0.4) is 0 Å². The molecule has 4 rings (SSSR count). The van der Waals surface area contributed by atoms with Gasteiger partial charge in [0.1, 0.15) is 12.1 Å². The van der Waals surface area contributed by atoms with Gasteiger partial charge in [0.15, 0.2) is 0 Å². The second-order valence-electron chi connectivity index (χ2n) is 6.21. The zero-order valence-electron chi connectivity index (χ0n) is 14.1. The summed E-state index contributed by atoms with van der Waals surface area (Å²) in [6.45, 7) is 1.92. The summed E-state index contributed by atoms with van der Waals surface area (Å²) < 4.78 is 1.74. The maximum Gasteiger partial charge on any atom is 0.251 e. The Bertz CT molecular complexity index is 981. The molecule has 0 saturated heterocycles. The molecule has 26 heavy (non-hydrogen) atoms. The summed E-state index contributed by atoms with van der Waals surface area (Å²) in [5.41, 5.74) is 3.28. The van der Waals surface area contributed by atoms with Crippen LogP contribution in [0.2, 0.25) is 0 Å². The molecule has 1 aliphatic heterocycles. The first-order chi connectivity index (χ1) is 12.6. The van der Waals surface area contributed by atoms with Gasteiger partial charge in [-0.25, -0.2) is 9.97 Å². The number of aromatic nitrogens is 3. The predicted molar refractivity (Wildman–Crippen MR) is 96.0 cm³/mol. The van der Waals surface area contributed by atoms with E-state index in [9.17, 15) is 9.59 Å². The van der Waals surface area contributed by atoms with Crippen LogP contribution < -0.4 is 10.6 Å². The van der Waals surface area contributed by atoms with E-state index in [-0.39, 0.29) is 17.9 Å². The van der Waals surface area contributed by atoms with Crippen molar-refractivity contribution in [3.05, 3.63) is 71.9 Å². The molecule has 0 spiro atoms. The first-order valence-electron chi connectivity index (χ1n) is 8.28. The van der Waals surface area contributed by atoms with Gasteiger partial charge in [0.25, 0.3) is 5.91 Å². The molecule has 1 aromatic carbocycles. The van der Waals surface area contributed by atoms with E-state index in [2.05, 4.69) is 20.6 Å². The molecule has 3 heterocycles. The SMILES string of the molecule is C[C@H](NC(=O)c1ccnc(-n2ccnc2)c1)c1ccc2c(c1)CC(=O)N2. The Hall–Kier alpha value is -3.48. The third-order valence-corrected chi connectivity index (χ3v) is 4.38. The van der Waals surface area contributed by atoms with Gasteiger partial charge in [-0.2, -0.15) is 0 Å². The number of carbonyl (C=O) groups is 2. The van der Waals surface area contributed by atoms with Gasteiger partial charge in [-0.05, 0) is 36.2 Å². The smallest absolute Gasteiger partial charge is 0.251 e. The van der Waals surface area contributed by atoms with Gasteiger partial charge in [0.2, 0.25) is 5.91 Å². The molecule has 7 heteroatoms. The van der Waals surface area contributed by atoms with Crippen LogP contribution >= 0.6 is 0 Å². The van der Waals surface area contributed by atoms with Crippen LogP contribution in [0.15, 0.2) is 55.2 Å². The third-order valence-electron chi connectivity index (χ3n) is 4.38. The maximum absolute atomic E-state index is 12.6. The van der Waals surface area contributed by atoms with E-state index in [4.69, 9.17) is 0 Å². The van der Waals surface area contributed by atoms with Gasteiger partial charge >= 0.3 is 0 Å². The molecular weight excluding hydrogens is 330 g/mol. The summed E-state index contributed by atoms with van der Waals surface area (Å²) in [4.78, 5) is 32.3. The normalized spacial score (nSPS) is 13.8. The molecule has 0 aliphatic carbocycles. The molecule has 7 nitrogen and oxygen atoms in total. The molecule has 1 atom stereocenters. The fraction of sp³-hybridized carbons (Fsp3) is 0.158. The molecule has 0 unspecified atom stereocenters. The van der Waals surface area contributed by atoms with E-state index in [1.807, 2.05) is 25.1 Å². The number of hydrogen-bond acceptors (Lipinski definition) is 4. The number of anilines is 1. The van der Waals surface area contributed by atoms with E-state index in [0.29, 0.717) is 17.8 Å². The van der Waals surface area contributed by atoms with Gasteiger partial charge in [0, 0.05) is 29.8 Å². The van der Waals surface area contributed by atoms with E-state index in [0.717, 1.165) is 16.8 Å². The van der Waals surface area contributed by atoms with Crippen LogP contribution in [-0.2, 0) is 11.2 Å². The Morgan fingerprint density at radius 2 is 2.15 bits per heavy atom. The zero-order valence-corrected chi connectivity index (χ0v) is 14.1. The number of amides is 2. The highest BCUT2D eigenvalue weighted by Gasteiger charge is 2.19. The zero-order chi connectivity index (χ0) is 18.1. The van der Waals surface area contributed by atoms with Crippen molar-refractivity contribution in [2.24, 2.45) is 0 Å². The topological polar surface area (TPSA) is 88.9 Å². The van der Waals surface area contributed by atoms with E-state index < -0.39 is 0 Å². The Balaban J connectivity index is 1.51. The molecule has 2 amide bonds. The van der Waals surface area contributed by atoms with Crippen LogP contribution in [0.4, 0.5) is 5.69 Å². The minimum Gasteiger partial charge on any atom is -0.346 e. The molecule has 1 aliphatic rings. The minimum atomic E-state index is -0.187. The number of rotatable bonds is 4. The number of hydrogen-bond donors (Lipinski definition) is 2.